The van der Waals surface area contributed by atoms with Crippen LogP contribution in [0.2, 0.25) is 0 Å². The maximum absolute atomic E-state index is 0. The number of hydrogen-bond donors (Lipinski definition) is 0. The molecule has 5 heteroatoms. The molecule has 26 valence electrons. The Bertz CT molecular complexity index is 9.61. The Hall–Kier alpha value is 3.82. The largest absolute Gasteiger partial charge is 0 e. The molecule has 0 aromatic carbocycles. The van der Waals surface area contributed by atoms with E-state index >= 15 is 0 Å². The van der Waals surface area contributed by atoms with E-state index in [1.54, 1.807) is 0 Å². The van der Waals surface area contributed by atoms with Crippen molar-refractivity contribution in [2.45, 2.75) is 0 Å². The third kappa shape index (κ3) is 18.1. The van der Waals surface area contributed by atoms with Gasteiger partial charge >= 0.3 is 51.2 Å². The van der Waals surface area contributed by atoms with Gasteiger partial charge in [-0.1, -0.05) is 0 Å². The van der Waals surface area contributed by atoms with Gasteiger partial charge in [0, 0.05) is 64.2 Å². The SMILES string of the molecule is [Nb].[Nb].[PbH2].[SnH4].[Zn]. The van der Waals surface area contributed by atoms with Gasteiger partial charge < -0.3 is 0 Å². The fraction of sp³-hybridized carbons (Fsp3) is 0. The summed E-state index contributed by atoms with van der Waals surface area (Å²) >= 11 is 0. The Morgan fingerprint density at radius 3 is 0.800 bits per heavy atom. The monoisotopic (exact) mass is 584 g/mol. The summed E-state index contributed by atoms with van der Waals surface area (Å²) in [4.78, 5) is 0. The van der Waals surface area contributed by atoms with Crippen LogP contribution < -0.4 is 0 Å². The minimum Gasteiger partial charge on any atom is 0 e. The van der Waals surface area contributed by atoms with Gasteiger partial charge in [0.2, 0.25) is 0 Å². The predicted octanol–water partition coefficient (Wildman–Crippen LogP) is -2.38. The second kappa shape index (κ2) is 24.9. The zero-order valence-corrected chi connectivity index (χ0v) is 15.2. The van der Waals surface area contributed by atoms with Gasteiger partial charge in [-0.15, -0.1) is 0 Å². The van der Waals surface area contributed by atoms with Crippen molar-refractivity contribution in [3.8, 4) is 0 Å². The molecule has 0 unspecified atom stereocenters. The van der Waals surface area contributed by atoms with Crippen molar-refractivity contribution in [2.24, 2.45) is 0 Å². The minimum atomic E-state index is 0. The predicted molar refractivity (Wildman–Crippen MR) is 19.9 cm³/mol. The van der Waals surface area contributed by atoms with Crippen LogP contribution >= 0.6 is 0 Å². The molecule has 0 nitrogen and oxygen atoms in total. The smallest absolute Gasteiger partial charge is 0 e. The molecule has 0 atom stereocenters. The van der Waals surface area contributed by atoms with Crippen LogP contribution in [0.5, 0.6) is 0 Å². The average molecular weight is 583 g/mol. The first kappa shape index (κ1) is 36.9. The van der Waals surface area contributed by atoms with Gasteiger partial charge in [0.25, 0.3) is 0 Å². The molecule has 0 aliphatic rings. The van der Waals surface area contributed by atoms with Crippen molar-refractivity contribution in [3.05, 3.63) is 0 Å². The quantitative estimate of drug-likeness (QED) is 0.280. The van der Waals surface area contributed by atoms with E-state index < -0.39 is 0 Å². The topological polar surface area (TPSA) is 0 Å². The molecule has 0 saturated carbocycles. The van der Waals surface area contributed by atoms with E-state index in [1.807, 2.05) is 0 Å². The molecule has 0 spiro atoms. The van der Waals surface area contributed by atoms with Crippen LogP contribution in [0.1, 0.15) is 0 Å². The molecule has 0 fully saturated rings. The summed E-state index contributed by atoms with van der Waals surface area (Å²) in [5, 5.41) is 0. The first-order valence-corrected chi connectivity index (χ1v) is 0. The third-order valence-corrected chi connectivity index (χ3v) is 0. The molecular weight excluding hydrogens is 577 g/mol. The Labute approximate surface area is 113 Å². The summed E-state index contributed by atoms with van der Waals surface area (Å²) in [5.41, 5.74) is 0. The summed E-state index contributed by atoms with van der Waals surface area (Å²) in [6.07, 6.45) is 0. The van der Waals surface area contributed by atoms with E-state index in [0.717, 1.165) is 0 Å². The normalized spacial score (nSPS) is 0. The molecule has 0 rings (SSSR count). The Kier molecular flexibility index (Phi) is 184. The molecule has 0 amide bonds. The van der Waals surface area contributed by atoms with E-state index in [4.69, 9.17) is 0 Å². The molecule has 0 saturated heterocycles. The van der Waals surface area contributed by atoms with Crippen molar-refractivity contribution < 1.29 is 64.2 Å². The van der Waals surface area contributed by atoms with E-state index in [0.29, 0.717) is 0 Å². The van der Waals surface area contributed by atoms with E-state index in [1.165, 1.54) is 0 Å². The fourth-order valence-electron chi connectivity index (χ4n) is 0. The van der Waals surface area contributed by atoms with Crippen LogP contribution in [0.4, 0.5) is 0 Å². The van der Waals surface area contributed by atoms with Crippen molar-refractivity contribution in [3.63, 3.8) is 0 Å². The molecule has 0 aromatic heterocycles. The van der Waals surface area contributed by atoms with Crippen molar-refractivity contribution in [1.29, 1.82) is 0 Å². The van der Waals surface area contributed by atoms with Crippen LogP contribution in [-0.2, 0) is 64.2 Å². The van der Waals surface area contributed by atoms with Crippen molar-refractivity contribution >= 4 is 51.2 Å². The summed E-state index contributed by atoms with van der Waals surface area (Å²) < 4.78 is 0. The van der Waals surface area contributed by atoms with Gasteiger partial charge in [-0.3, -0.25) is 0 Å². The van der Waals surface area contributed by atoms with Crippen molar-refractivity contribution in [1.82, 2.24) is 0 Å². The van der Waals surface area contributed by atoms with Crippen LogP contribution in [0.3, 0.4) is 0 Å². The second-order valence-electron chi connectivity index (χ2n) is 0. The van der Waals surface area contributed by atoms with Gasteiger partial charge in [0.15, 0.2) is 0 Å². The maximum atomic E-state index is 0. The molecule has 4 radical (unpaired) electrons. The van der Waals surface area contributed by atoms with Gasteiger partial charge in [-0.2, -0.15) is 0 Å². The third-order valence-electron chi connectivity index (χ3n) is 0. The van der Waals surface area contributed by atoms with Crippen LogP contribution in [0.15, 0.2) is 0 Å². The number of rotatable bonds is 0. The van der Waals surface area contributed by atoms with E-state index in [9.17, 15) is 0 Å². The van der Waals surface area contributed by atoms with Crippen LogP contribution in [0.25, 0.3) is 0 Å². The van der Waals surface area contributed by atoms with Gasteiger partial charge in [-0.25, -0.2) is 0 Å². The maximum Gasteiger partial charge on any atom is 0 e. The molecule has 0 N–H and O–H groups in total. The van der Waals surface area contributed by atoms with Gasteiger partial charge in [0.05, 0.1) is 0 Å². The summed E-state index contributed by atoms with van der Waals surface area (Å²) in [6, 6.07) is 0. The fourth-order valence-corrected chi connectivity index (χ4v) is 0. The van der Waals surface area contributed by atoms with Gasteiger partial charge in [-0.05, 0) is 0 Å². The van der Waals surface area contributed by atoms with Gasteiger partial charge in [0.1, 0.15) is 0 Å². The molecule has 0 aromatic rings. The summed E-state index contributed by atoms with van der Waals surface area (Å²) in [7, 11) is 0. The zero-order chi connectivity index (χ0) is 0. The first-order chi connectivity index (χ1) is 0. The minimum absolute atomic E-state index is 0. The Morgan fingerprint density at radius 1 is 0.800 bits per heavy atom. The van der Waals surface area contributed by atoms with Crippen LogP contribution in [0, 0.1) is 0 Å². The zero-order valence-electron chi connectivity index (χ0n) is 2.31. The molecule has 0 bridgehead atoms. The standard InChI is InChI=1S/2Nb.Pb.Sn.Zn.6H. The van der Waals surface area contributed by atoms with E-state index in [-0.39, 0.29) is 115 Å². The molecule has 0 aliphatic carbocycles. The summed E-state index contributed by atoms with van der Waals surface area (Å²) in [6.45, 7) is 0. The molecule has 0 heterocycles. The molecule has 5 heavy (non-hydrogen) atoms. The average Bonchev–Trinajstić information content (AvgIpc) is 0. The Balaban J connectivity index is 0. The summed E-state index contributed by atoms with van der Waals surface area (Å²) in [5.74, 6) is 0. The second-order valence-corrected chi connectivity index (χ2v) is 0. The molecule has 0 aliphatic heterocycles. The van der Waals surface area contributed by atoms with Crippen molar-refractivity contribution in [2.75, 3.05) is 0 Å². The Morgan fingerprint density at radius 2 is 0.800 bits per heavy atom. The molecular formula is H6Nb2PbSnZn. The first-order valence-electron chi connectivity index (χ1n) is 0. The van der Waals surface area contributed by atoms with Crippen LogP contribution in [-0.4, -0.2) is 51.2 Å². The van der Waals surface area contributed by atoms with E-state index in [2.05, 4.69) is 0 Å². The number of hydrogen-bond acceptors (Lipinski definition) is 0.